The fraction of sp³-hybridized carbons (Fsp3) is 0.250. The van der Waals surface area contributed by atoms with Crippen LogP contribution >= 0.6 is 0 Å². The predicted molar refractivity (Wildman–Crippen MR) is 65.7 cm³/mol. The fourth-order valence-electron chi connectivity index (χ4n) is 2.08. The van der Waals surface area contributed by atoms with Crippen molar-refractivity contribution in [1.82, 2.24) is 15.4 Å². The lowest BCUT2D eigenvalue weighted by Gasteiger charge is -2.09. The van der Waals surface area contributed by atoms with Gasteiger partial charge in [-0.1, -0.05) is 12.1 Å². The molecule has 2 N–H and O–H groups in total. The Kier molecular flexibility index (Phi) is 2.56. The molecule has 0 radical (unpaired) electrons. The van der Waals surface area contributed by atoms with Crippen LogP contribution in [0.2, 0.25) is 0 Å². The number of hydrazine groups is 1. The van der Waals surface area contributed by atoms with E-state index in [9.17, 15) is 4.79 Å². The van der Waals surface area contributed by atoms with Crippen molar-refractivity contribution < 1.29 is 9.53 Å². The van der Waals surface area contributed by atoms with Crippen LogP contribution in [0.1, 0.15) is 18.5 Å². The van der Waals surface area contributed by atoms with Crippen LogP contribution in [0.4, 0.5) is 5.69 Å². The molecule has 0 aliphatic carbocycles. The zero-order chi connectivity index (χ0) is 12.5. The number of rotatable bonds is 2. The number of carbonyl (C=O) groups is 1. The Balaban J connectivity index is 2.07. The number of ether oxygens (including phenoxy) is 1. The Bertz CT molecular complexity index is 614. The van der Waals surface area contributed by atoms with E-state index in [1.165, 1.54) is 6.33 Å². The molecule has 0 saturated carbocycles. The number of esters is 1. The molecule has 1 aliphatic heterocycles. The first-order valence-corrected chi connectivity index (χ1v) is 5.72. The second kappa shape index (κ2) is 4.23. The van der Waals surface area contributed by atoms with Crippen molar-refractivity contribution in [1.29, 1.82) is 0 Å². The molecule has 1 aromatic heterocycles. The molecule has 1 unspecified atom stereocenters. The highest BCUT2D eigenvalue weighted by molar-refractivity contribution is 5.96. The quantitative estimate of drug-likeness (QED) is 0.772. The zero-order valence-electron chi connectivity index (χ0n) is 9.80. The summed E-state index contributed by atoms with van der Waals surface area (Å²) in [6.07, 6.45) is 3.23. The van der Waals surface area contributed by atoms with Crippen LogP contribution in [-0.2, 0) is 9.53 Å². The van der Waals surface area contributed by atoms with Gasteiger partial charge in [0, 0.05) is 17.1 Å². The summed E-state index contributed by atoms with van der Waals surface area (Å²) in [4.78, 5) is 20.0. The van der Waals surface area contributed by atoms with Crippen molar-refractivity contribution in [3.63, 3.8) is 0 Å². The van der Waals surface area contributed by atoms with Gasteiger partial charge in [0.25, 0.3) is 0 Å². The zero-order valence-corrected chi connectivity index (χ0v) is 9.80. The van der Waals surface area contributed by atoms with Gasteiger partial charge in [0.2, 0.25) is 0 Å². The first-order valence-electron chi connectivity index (χ1n) is 5.72. The first-order chi connectivity index (χ1) is 8.81. The lowest BCUT2D eigenvalue weighted by molar-refractivity contribution is -0.145. The van der Waals surface area contributed by atoms with E-state index in [0.717, 1.165) is 22.2 Å². The van der Waals surface area contributed by atoms with Crippen molar-refractivity contribution in [2.24, 2.45) is 0 Å². The monoisotopic (exact) mass is 244 g/mol. The third kappa shape index (κ3) is 1.58. The van der Waals surface area contributed by atoms with Gasteiger partial charge in [0.15, 0.2) is 6.04 Å². The van der Waals surface area contributed by atoms with Crippen LogP contribution in [0.5, 0.6) is 0 Å². The van der Waals surface area contributed by atoms with Gasteiger partial charge >= 0.3 is 5.97 Å². The Hall–Kier alpha value is -2.21. The number of fused-ring (bicyclic) bond motifs is 3. The lowest BCUT2D eigenvalue weighted by Crippen LogP contribution is -2.27. The second-order valence-electron chi connectivity index (χ2n) is 3.94. The number of benzene rings is 1. The smallest absolute Gasteiger partial charge is 0.329 e. The molecule has 2 aromatic rings. The molecular formula is C12H12N4O2. The number of hydrogen-bond acceptors (Lipinski definition) is 6. The summed E-state index contributed by atoms with van der Waals surface area (Å²) in [5.41, 5.74) is 8.36. The number of anilines is 1. The van der Waals surface area contributed by atoms with E-state index in [1.54, 1.807) is 13.1 Å². The van der Waals surface area contributed by atoms with Gasteiger partial charge in [0.1, 0.15) is 6.33 Å². The maximum atomic E-state index is 11.8. The van der Waals surface area contributed by atoms with Crippen LogP contribution in [0.3, 0.4) is 0 Å². The normalized spacial score (nSPS) is 17.3. The van der Waals surface area contributed by atoms with E-state index in [-0.39, 0.29) is 5.97 Å². The second-order valence-corrected chi connectivity index (χ2v) is 3.94. The molecule has 1 aliphatic rings. The van der Waals surface area contributed by atoms with Crippen LogP contribution in [0.15, 0.2) is 24.7 Å². The lowest BCUT2D eigenvalue weighted by atomic mass is 10.0. The van der Waals surface area contributed by atoms with Crippen molar-refractivity contribution in [2.45, 2.75) is 13.0 Å². The van der Waals surface area contributed by atoms with Gasteiger partial charge in [0.05, 0.1) is 17.8 Å². The van der Waals surface area contributed by atoms with Crippen molar-refractivity contribution in [3.8, 4) is 0 Å². The standard InChI is InChI=1S/C12H12N4O2/c1-2-18-12(17)11-8-4-3-7-5-13-6-14-9(7)10(8)15-16-11/h3-6,11,15-16H,2H2,1H3. The van der Waals surface area contributed by atoms with Crippen LogP contribution in [0.25, 0.3) is 10.9 Å². The Labute approximate surface area is 103 Å². The minimum Gasteiger partial charge on any atom is -0.465 e. The van der Waals surface area contributed by atoms with Gasteiger partial charge in [-0.3, -0.25) is 0 Å². The molecule has 6 heteroatoms. The maximum Gasteiger partial charge on any atom is 0.329 e. The van der Waals surface area contributed by atoms with Crippen molar-refractivity contribution >= 4 is 22.6 Å². The number of nitrogens with one attached hydrogen (secondary N) is 2. The Morgan fingerprint density at radius 3 is 3.22 bits per heavy atom. The number of hydrogen-bond donors (Lipinski definition) is 2. The summed E-state index contributed by atoms with van der Waals surface area (Å²) in [5, 5.41) is 0.926. The predicted octanol–water partition coefficient (Wildman–Crippen LogP) is 1.16. The van der Waals surface area contributed by atoms with Crippen molar-refractivity contribution in [3.05, 3.63) is 30.2 Å². The van der Waals surface area contributed by atoms with E-state index in [2.05, 4.69) is 20.8 Å². The highest BCUT2D eigenvalue weighted by atomic mass is 16.5. The largest absolute Gasteiger partial charge is 0.465 e. The summed E-state index contributed by atoms with van der Waals surface area (Å²) in [6, 6.07) is 3.30. The van der Waals surface area contributed by atoms with E-state index in [1.807, 2.05) is 12.1 Å². The van der Waals surface area contributed by atoms with E-state index in [4.69, 9.17) is 4.74 Å². The maximum absolute atomic E-state index is 11.8. The minimum atomic E-state index is -0.487. The summed E-state index contributed by atoms with van der Waals surface area (Å²) < 4.78 is 5.02. The van der Waals surface area contributed by atoms with Gasteiger partial charge in [-0.25, -0.2) is 20.2 Å². The molecule has 1 atom stereocenters. The van der Waals surface area contributed by atoms with E-state index >= 15 is 0 Å². The Morgan fingerprint density at radius 2 is 2.39 bits per heavy atom. The van der Waals surface area contributed by atoms with Crippen LogP contribution < -0.4 is 10.9 Å². The van der Waals surface area contributed by atoms with Crippen LogP contribution in [-0.4, -0.2) is 22.5 Å². The number of aromatic nitrogens is 2. The number of nitrogens with zero attached hydrogens (tertiary/aromatic N) is 2. The molecule has 0 fully saturated rings. The Morgan fingerprint density at radius 1 is 1.50 bits per heavy atom. The average molecular weight is 244 g/mol. The number of carbonyl (C=O) groups excluding carboxylic acids is 1. The first kappa shape index (κ1) is 10.9. The SMILES string of the molecule is CCOC(=O)C1NNc2c1ccc1cncnc21. The molecule has 0 amide bonds. The fourth-order valence-corrected chi connectivity index (χ4v) is 2.08. The third-order valence-electron chi connectivity index (χ3n) is 2.88. The molecule has 0 spiro atoms. The summed E-state index contributed by atoms with van der Waals surface area (Å²) in [7, 11) is 0. The van der Waals surface area contributed by atoms with Crippen molar-refractivity contribution in [2.75, 3.05) is 12.0 Å². The van der Waals surface area contributed by atoms with Crippen LogP contribution in [0, 0.1) is 0 Å². The summed E-state index contributed by atoms with van der Waals surface area (Å²) >= 11 is 0. The van der Waals surface area contributed by atoms with E-state index in [0.29, 0.717) is 6.61 Å². The third-order valence-corrected chi connectivity index (χ3v) is 2.88. The van der Waals surface area contributed by atoms with Gasteiger partial charge in [-0.05, 0) is 6.92 Å². The van der Waals surface area contributed by atoms with Gasteiger partial charge in [-0.2, -0.15) is 0 Å². The molecule has 3 rings (SSSR count). The summed E-state index contributed by atoms with van der Waals surface area (Å²) in [5.74, 6) is -0.294. The summed E-state index contributed by atoms with van der Waals surface area (Å²) in [6.45, 7) is 2.15. The highest BCUT2D eigenvalue weighted by Crippen LogP contribution is 2.34. The van der Waals surface area contributed by atoms with E-state index < -0.39 is 6.04 Å². The highest BCUT2D eigenvalue weighted by Gasteiger charge is 2.30. The van der Waals surface area contributed by atoms with Gasteiger partial charge < -0.3 is 10.2 Å². The molecule has 0 bridgehead atoms. The molecule has 92 valence electrons. The molecule has 1 aromatic carbocycles. The molecule has 18 heavy (non-hydrogen) atoms. The average Bonchev–Trinajstić information content (AvgIpc) is 2.83. The molecule has 2 heterocycles. The topological polar surface area (TPSA) is 76.1 Å². The molecule has 6 nitrogen and oxygen atoms in total. The van der Waals surface area contributed by atoms with Gasteiger partial charge in [-0.15, -0.1) is 0 Å². The molecular weight excluding hydrogens is 232 g/mol. The minimum absolute atomic E-state index is 0.294. The molecule has 0 saturated heterocycles.